The third-order valence-corrected chi connectivity index (χ3v) is 25.1. The monoisotopic (exact) mass is 1990 g/mol. The van der Waals surface area contributed by atoms with Crippen molar-refractivity contribution in [1.82, 2.24) is 95.0 Å². The van der Waals surface area contributed by atoms with Crippen LogP contribution in [0, 0.1) is 34.5 Å². The van der Waals surface area contributed by atoms with Crippen LogP contribution in [0.2, 0.25) is 0 Å². The maximum Gasteiger partial charge on any atom is 0.305 e. The first-order valence-corrected chi connectivity index (χ1v) is 48.4. The van der Waals surface area contributed by atoms with Gasteiger partial charge in [0.2, 0.25) is 94.5 Å². The number of hydrogen-bond acceptors (Lipinski definition) is 22. The van der Waals surface area contributed by atoms with Crippen LogP contribution in [0.1, 0.15) is 142 Å². The smallest absolute Gasteiger partial charge is 0.305 e. The quantitative estimate of drug-likeness (QED) is 0.0156. The average Bonchev–Trinajstić information content (AvgIpc) is 1.51. The van der Waals surface area contributed by atoms with Gasteiger partial charge in [0.05, 0.1) is 18.3 Å². The number of nitrogens with one attached hydrogen (secondary N) is 19. The number of H-pyrrole nitrogens is 1. The van der Waals surface area contributed by atoms with Crippen LogP contribution < -0.4 is 102 Å². The van der Waals surface area contributed by atoms with Crippen LogP contribution in [0.15, 0.2) is 140 Å². The molecule has 1 saturated carbocycles. The molecule has 1 aliphatic heterocycles. The molecule has 142 heavy (non-hydrogen) atoms. The Morgan fingerprint density at radius 3 is 1.43 bits per heavy atom. The Morgan fingerprint density at radius 2 is 0.894 bits per heavy atom. The van der Waals surface area contributed by atoms with Gasteiger partial charge in [-0.05, 0) is 135 Å². The van der Waals surface area contributed by atoms with Gasteiger partial charge in [0.15, 0.2) is 11.9 Å². The van der Waals surface area contributed by atoms with Crippen molar-refractivity contribution in [1.29, 1.82) is 10.8 Å². The molecule has 2 heterocycles. The molecule has 43 nitrogen and oxygen atoms in total. The fraction of sp³-hybridized carbons (Fsp3) is 0.480. The predicted octanol–water partition coefficient (Wildman–Crippen LogP) is -0.763. The number of aromatic hydroxyl groups is 1. The summed E-state index contributed by atoms with van der Waals surface area (Å²) in [6, 6.07) is 12.6. The molecule has 2 aliphatic rings. The number of aromatic nitrogens is 1. The first-order valence-electron chi connectivity index (χ1n) is 47.3. The number of guanidine groups is 2. The van der Waals surface area contributed by atoms with Crippen LogP contribution in [0.3, 0.4) is 0 Å². The summed E-state index contributed by atoms with van der Waals surface area (Å²) >= 11 is 0.713. The van der Waals surface area contributed by atoms with E-state index in [2.05, 4.69) is 90.1 Å². The molecule has 16 amide bonds. The molecule has 1 aliphatic carbocycles. The van der Waals surface area contributed by atoms with Crippen molar-refractivity contribution in [3.05, 3.63) is 162 Å². The largest absolute Gasteiger partial charge is 0.508 e. The van der Waals surface area contributed by atoms with Gasteiger partial charge < -0.3 is 127 Å². The van der Waals surface area contributed by atoms with E-state index >= 15 is 33.6 Å². The molecule has 0 radical (unpaired) electrons. The Bertz CT molecular complexity index is 5420. The SMILES string of the molecule is CC(C)C[C@H]1NC(=O)[C@H](C)N(C)C(=O)[C@H](CCCNC(=N)N)NC(=O)[C@H](Cc2ccc(-c3ccccc3)cc2)NC(=O)[C@H](C(C)C)NC(=O)[C@H](Cc2c[nH]c3ccccc23)NC(=O)[C@H](CC(=O)O)NC(=O)[C@H](Cc2ccc(O)cc2)NC(=O)[C@H](Cc2ccccc2)NC(=O)CSC[C@@H](C(=O)N[C@@H](C)C(N)=O)NC(=O)[C@H]([C@@H](C)O)NC(=O)[C@H](C(C)C)NC(=O)[C@H](CC2CC2)NC(=O)[C@H](CCCNC(=N)N)NC1=O. The van der Waals surface area contributed by atoms with Crippen molar-refractivity contribution in [2.24, 2.45) is 40.9 Å². The normalized spacial score (nSPS) is 23.4. The number of aromatic amines is 1. The minimum Gasteiger partial charge on any atom is -0.508 e. The lowest BCUT2D eigenvalue weighted by Gasteiger charge is -2.32. The lowest BCUT2D eigenvalue weighted by Crippen LogP contribution is -2.62. The minimum absolute atomic E-state index is 0.0103. The molecule has 6 aromatic rings. The molecular weight excluding hydrogens is 1850 g/mol. The number of nitrogens with two attached hydrogens (primary N) is 3. The molecule has 0 spiro atoms. The van der Waals surface area contributed by atoms with Gasteiger partial charge in [-0.1, -0.05) is 170 Å². The van der Waals surface area contributed by atoms with Crippen LogP contribution >= 0.6 is 11.8 Å². The van der Waals surface area contributed by atoms with Gasteiger partial charge in [0, 0.05) is 68.7 Å². The molecule has 5 aromatic carbocycles. The highest BCUT2D eigenvalue weighted by atomic mass is 32.2. The number of para-hydroxylation sites is 1. The molecule has 44 heteroatoms. The number of rotatable bonds is 29. The zero-order valence-electron chi connectivity index (χ0n) is 81.2. The number of hydrogen-bond donors (Lipinski definition) is 25. The molecule has 1 saturated heterocycles. The zero-order valence-corrected chi connectivity index (χ0v) is 82.0. The van der Waals surface area contributed by atoms with E-state index < -0.39 is 245 Å². The maximum atomic E-state index is 15.5. The summed E-state index contributed by atoms with van der Waals surface area (Å²) in [6.07, 6.45) is -1.74. The Balaban J connectivity index is 1.22. The molecule has 0 unspecified atom stereocenters. The van der Waals surface area contributed by atoms with Crippen molar-refractivity contribution in [2.45, 2.75) is 243 Å². The number of thioether (sulfide) groups is 1. The first-order chi connectivity index (χ1) is 67.3. The minimum atomic E-state index is -2.08. The summed E-state index contributed by atoms with van der Waals surface area (Å²) in [5.41, 5.74) is 20.7. The van der Waals surface area contributed by atoms with E-state index in [0.29, 0.717) is 52.2 Å². The second kappa shape index (κ2) is 54.7. The molecule has 1 aromatic heterocycles. The van der Waals surface area contributed by atoms with Gasteiger partial charge in [-0.25, -0.2) is 0 Å². The lowest BCUT2D eigenvalue weighted by molar-refractivity contribution is -0.143. The Morgan fingerprint density at radius 1 is 0.472 bits per heavy atom. The third kappa shape index (κ3) is 35.9. The number of aliphatic hydroxyl groups excluding tert-OH is 1. The van der Waals surface area contributed by atoms with Gasteiger partial charge in [-0.3, -0.25) is 92.3 Å². The summed E-state index contributed by atoms with van der Waals surface area (Å²) in [7, 11) is 1.27. The number of benzene rings is 5. The van der Waals surface area contributed by atoms with Crippen LogP contribution in [0.25, 0.3) is 22.0 Å². The van der Waals surface area contributed by atoms with Crippen LogP contribution in [-0.4, -0.2) is 266 Å². The van der Waals surface area contributed by atoms with E-state index in [9.17, 15) is 63.3 Å². The number of phenols is 1. The molecule has 768 valence electrons. The fourth-order valence-electron chi connectivity index (χ4n) is 15.7. The van der Waals surface area contributed by atoms with Crippen molar-refractivity contribution in [2.75, 3.05) is 31.6 Å². The molecule has 8 rings (SSSR count). The highest BCUT2D eigenvalue weighted by Crippen LogP contribution is 2.34. The number of carbonyl (C=O) groups excluding carboxylic acids is 16. The summed E-state index contributed by atoms with van der Waals surface area (Å²) in [4.78, 5) is 254. The lowest BCUT2D eigenvalue weighted by atomic mass is 9.98. The highest BCUT2D eigenvalue weighted by molar-refractivity contribution is 8.00. The standard InChI is InChI=1S/C98H135N23O20S/c1-51(2)41-69-85(130)109-67(27-19-39-104-97(100)101)84(129)112-73(43-58-29-30-58)90(135)119-80(53(5)6)94(139)120-81(56(9)122)95(140)117-76(92(137)107-54(7)82(99)127)49-142-50-77(124)108-70(42-57-21-13-11-14-22-57)86(131)113-71(45-60-33-37-64(123)38-34-60)88(133)115-75(47-78(125)126)89(134)114-74(46-63-48-106-66-26-18-17-25-65(63)66)91(136)118-79(52(3)4)93(138)116-72(44-59-31-35-62(36-32-59)61-23-15-12-16-24-61)87(132)110-68(28-20-40-105-98(102)103)96(141)121(10)55(8)83(128)111-69/h11-18,21-26,31-38,48,51-56,58,67-76,79-81,106,122-123H,19-20,27-30,39-47,49-50H2,1-10H3,(H2,99,127)(H,107,137)(H,108,124)(H,109,130)(H,110,132)(H,111,128)(H,112,129)(H,113,131)(H,114,134)(H,115,133)(H,116,138)(H,117,140)(H,118,136)(H,119,135)(H,120,139)(H,125,126)(H4,100,101,104)(H4,102,103,105)/t54-,55-,56+,67-,68-,69+,70-,71-,72-,73-,74-,75-,76-,79-,80-,81-/m0/s1. The molecule has 0 bridgehead atoms. The number of amides is 16. The van der Waals surface area contributed by atoms with Crippen molar-refractivity contribution < 1.29 is 96.8 Å². The first kappa shape index (κ1) is 113. The summed E-state index contributed by atoms with van der Waals surface area (Å²) in [5.74, 6) is -22.0. The second-order valence-electron chi connectivity index (χ2n) is 36.9. The van der Waals surface area contributed by atoms with Crippen molar-refractivity contribution >= 4 is 135 Å². The zero-order chi connectivity index (χ0) is 104. The topological polar surface area (TPSA) is 688 Å². The Kier molecular flexibility index (Phi) is 43.4. The number of primary amides is 1. The number of aliphatic hydroxyl groups is 1. The summed E-state index contributed by atoms with van der Waals surface area (Å²) in [6.45, 7) is 13.5. The van der Waals surface area contributed by atoms with Gasteiger partial charge in [-0.2, -0.15) is 0 Å². The van der Waals surface area contributed by atoms with E-state index in [0.717, 1.165) is 23.0 Å². The van der Waals surface area contributed by atoms with Crippen LogP contribution in [-0.2, 0) is 107 Å². The second-order valence-corrected chi connectivity index (χ2v) is 37.9. The van der Waals surface area contributed by atoms with Gasteiger partial charge in [0.25, 0.3) is 0 Å². The van der Waals surface area contributed by atoms with E-state index in [4.69, 9.17) is 28.0 Å². The Labute approximate surface area is 827 Å². The van der Waals surface area contributed by atoms with E-state index in [1.54, 1.807) is 127 Å². The van der Waals surface area contributed by atoms with Crippen LogP contribution in [0.4, 0.5) is 0 Å². The van der Waals surface area contributed by atoms with Gasteiger partial charge in [0.1, 0.15) is 96.4 Å². The van der Waals surface area contributed by atoms with Gasteiger partial charge >= 0.3 is 5.97 Å². The maximum absolute atomic E-state index is 15.5. The van der Waals surface area contributed by atoms with E-state index in [1.165, 1.54) is 45.2 Å². The number of phenolic OH excluding ortho intramolecular Hbond substituents is 1. The highest BCUT2D eigenvalue weighted by Gasteiger charge is 2.43. The average molecular weight is 1990 g/mol. The molecular formula is C98H135N23O20S. The van der Waals surface area contributed by atoms with Crippen LogP contribution in [0.5, 0.6) is 5.75 Å². The number of carbonyl (C=O) groups is 17. The number of fused-ring (bicyclic) bond motifs is 1. The Hall–Kier alpha value is -14.7. The molecule has 16 atom stereocenters. The van der Waals surface area contributed by atoms with Gasteiger partial charge in [-0.15, -0.1) is 11.8 Å². The van der Waals surface area contributed by atoms with Crippen molar-refractivity contribution in [3.8, 4) is 16.9 Å². The number of likely N-dealkylation sites (N-methyl/N-ethyl adjacent to an activating group) is 1. The summed E-state index contributed by atoms with van der Waals surface area (Å²) < 4.78 is 0. The molecule has 2 fully saturated rings. The third-order valence-electron chi connectivity index (χ3n) is 24.1. The number of aliphatic carboxylic acids is 1. The predicted molar refractivity (Wildman–Crippen MR) is 530 cm³/mol. The van der Waals surface area contributed by atoms with E-state index in [1.807, 2.05) is 30.3 Å². The van der Waals surface area contributed by atoms with Crippen molar-refractivity contribution in [3.63, 3.8) is 0 Å². The van der Waals surface area contributed by atoms with E-state index in [-0.39, 0.29) is 94.0 Å². The number of carboxylic acid groups (broad SMARTS) is 1. The number of nitrogens with zero attached hydrogens (tertiary/aromatic N) is 1. The fourth-order valence-corrected chi connectivity index (χ4v) is 16.6. The number of carboxylic acids is 1. The molecule has 28 N–H and O–H groups in total. The summed E-state index contributed by atoms with van der Waals surface area (Å²) in [5, 5.41) is 90.7.